The Morgan fingerprint density at radius 3 is 2.29 bits per heavy atom. The third kappa shape index (κ3) is 5.70. The van der Waals surface area contributed by atoms with Gasteiger partial charge >= 0.3 is 17.8 Å². The molecule has 9 nitrogen and oxygen atoms in total. The van der Waals surface area contributed by atoms with E-state index in [1.165, 1.54) is 20.4 Å². The van der Waals surface area contributed by atoms with Gasteiger partial charge in [0.2, 0.25) is 0 Å². The van der Waals surface area contributed by atoms with Crippen LogP contribution in [-0.2, 0) is 25.5 Å². The van der Waals surface area contributed by atoms with Gasteiger partial charge in [0.25, 0.3) is 0 Å². The number of amides is 1. The van der Waals surface area contributed by atoms with Crippen LogP contribution in [0.2, 0.25) is 0 Å². The van der Waals surface area contributed by atoms with Gasteiger partial charge in [-0.25, -0.2) is 14.6 Å². The normalized spacial score (nSPS) is 10.3. The maximum atomic E-state index is 13.2. The number of benzene rings is 2. The third-order valence-electron chi connectivity index (χ3n) is 5.21. The lowest BCUT2D eigenvalue weighted by Gasteiger charge is -2.22. The van der Waals surface area contributed by atoms with Gasteiger partial charge in [-0.05, 0) is 48.4 Å². The minimum absolute atomic E-state index is 0.0205. The SMILES string of the molecule is COC(=O)C(=O)N(c1ccccc1)c1ncccc1C(=O)CCc1ccc(C(=O)OC)cc1OC. The van der Waals surface area contributed by atoms with E-state index in [1.54, 1.807) is 60.7 Å². The Morgan fingerprint density at radius 2 is 1.63 bits per heavy atom. The average molecular weight is 476 g/mol. The Labute approximate surface area is 202 Å². The van der Waals surface area contributed by atoms with Crippen LogP contribution in [0.25, 0.3) is 0 Å². The molecule has 0 fully saturated rings. The summed E-state index contributed by atoms with van der Waals surface area (Å²) in [5.74, 6) is -2.40. The van der Waals surface area contributed by atoms with E-state index in [0.29, 0.717) is 29.0 Å². The van der Waals surface area contributed by atoms with Gasteiger partial charge in [0, 0.05) is 12.6 Å². The molecule has 3 rings (SSSR count). The topological polar surface area (TPSA) is 112 Å². The summed E-state index contributed by atoms with van der Waals surface area (Å²) in [7, 11) is 3.86. The Balaban J connectivity index is 1.92. The minimum atomic E-state index is -1.09. The van der Waals surface area contributed by atoms with E-state index in [-0.39, 0.29) is 23.6 Å². The number of para-hydroxylation sites is 1. The van der Waals surface area contributed by atoms with Gasteiger partial charge in [-0.15, -0.1) is 0 Å². The first-order chi connectivity index (χ1) is 16.9. The lowest BCUT2D eigenvalue weighted by atomic mass is 10.0. The van der Waals surface area contributed by atoms with Crippen LogP contribution in [0, 0.1) is 0 Å². The second-order valence-electron chi connectivity index (χ2n) is 7.28. The highest BCUT2D eigenvalue weighted by atomic mass is 16.5. The molecular weight excluding hydrogens is 452 g/mol. The van der Waals surface area contributed by atoms with Crippen molar-refractivity contribution in [2.75, 3.05) is 26.2 Å². The number of esters is 2. The molecule has 0 radical (unpaired) electrons. The number of ketones is 1. The number of carbonyl (C=O) groups is 4. The molecule has 0 bridgehead atoms. The number of carbonyl (C=O) groups excluding carboxylic acids is 4. The number of anilines is 2. The predicted molar refractivity (Wildman–Crippen MR) is 127 cm³/mol. The quantitative estimate of drug-likeness (QED) is 0.276. The smallest absolute Gasteiger partial charge is 0.397 e. The Bertz CT molecular complexity index is 1240. The molecular formula is C26H24N2O7. The van der Waals surface area contributed by atoms with Gasteiger partial charge in [0.1, 0.15) is 5.75 Å². The standard InChI is InChI=1S/C26H24N2O7/c1-33-22-16-18(25(31)34-2)12-11-17(22)13-14-21(29)20-10-7-15-27-23(20)28(24(30)26(32)35-3)19-8-5-4-6-9-19/h4-12,15-16H,13-14H2,1-3H3. The number of aryl methyl sites for hydroxylation is 1. The summed E-state index contributed by atoms with van der Waals surface area (Å²) >= 11 is 0. The summed E-state index contributed by atoms with van der Waals surface area (Å²) in [5.41, 5.74) is 1.56. The summed E-state index contributed by atoms with van der Waals surface area (Å²) in [5, 5.41) is 0. The maximum absolute atomic E-state index is 13.2. The molecule has 2 aromatic carbocycles. The van der Waals surface area contributed by atoms with Crippen molar-refractivity contribution in [1.82, 2.24) is 4.98 Å². The lowest BCUT2D eigenvalue weighted by molar-refractivity contribution is -0.151. The summed E-state index contributed by atoms with van der Waals surface area (Å²) < 4.78 is 14.7. The summed E-state index contributed by atoms with van der Waals surface area (Å²) in [6.07, 6.45) is 1.79. The highest BCUT2D eigenvalue weighted by Crippen LogP contribution is 2.29. The molecule has 1 aromatic heterocycles. The molecule has 3 aromatic rings. The van der Waals surface area contributed by atoms with Crippen LogP contribution < -0.4 is 9.64 Å². The van der Waals surface area contributed by atoms with Gasteiger partial charge in [0.15, 0.2) is 11.6 Å². The molecule has 0 aliphatic heterocycles. The van der Waals surface area contributed by atoms with Gasteiger partial charge in [-0.2, -0.15) is 0 Å². The van der Waals surface area contributed by atoms with E-state index in [0.717, 1.165) is 12.0 Å². The van der Waals surface area contributed by atoms with Crippen LogP contribution in [0.4, 0.5) is 11.5 Å². The van der Waals surface area contributed by atoms with Crippen molar-refractivity contribution < 1.29 is 33.4 Å². The van der Waals surface area contributed by atoms with Crippen LogP contribution in [0.15, 0.2) is 66.9 Å². The monoisotopic (exact) mass is 476 g/mol. The number of methoxy groups -OCH3 is 3. The predicted octanol–water partition coefficient (Wildman–Crippen LogP) is 3.53. The third-order valence-corrected chi connectivity index (χ3v) is 5.21. The van der Waals surface area contributed by atoms with Crippen molar-refractivity contribution in [3.05, 3.63) is 83.6 Å². The van der Waals surface area contributed by atoms with Gasteiger partial charge < -0.3 is 14.2 Å². The zero-order valence-electron chi connectivity index (χ0n) is 19.5. The van der Waals surface area contributed by atoms with Gasteiger partial charge in [-0.3, -0.25) is 14.5 Å². The van der Waals surface area contributed by atoms with Crippen molar-refractivity contribution in [2.24, 2.45) is 0 Å². The Morgan fingerprint density at radius 1 is 0.886 bits per heavy atom. The van der Waals surface area contributed by atoms with E-state index >= 15 is 0 Å². The Kier molecular flexibility index (Phi) is 8.29. The Hall–Kier alpha value is -4.53. The zero-order chi connectivity index (χ0) is 25.4. The van der Waals surface area contributed by atoms with Crippen LogP contribution in [0.1, 0.15) is 32.7 Å². The average Bonchev–Trinajstić information content (AvgIpc) is 2.91. The van der Waals surface area contributed by atoms with Crippen LogP contribution in [0.3, 0.4) is 0 Å². The molecule has 9 heteroatoms. The second-order valence-corrected chi connectivity index (χ2v) is 7.28. The van der Waals surface area contributed by atoms with E-state index < -0.39 is 17.8 Å². The van der Waals surface area contributed by atoms with E-state index in [1.807, 2.05) is 0 Å². The second kappa shape index (κ2) is 11.6. The molecule has 0 saturated carbocycles. The fourth-order valence-corrected chi connectivity index (χ4v) is 3.46. The fourth-order valence-electron chi connectivity index (χ4n) is 3.46. The van der Waals surface area contributed by atoms with Crippen molar-refractivity contribution in [3.8, 4) is 5.75 Å². The fraction of sp³-hybridized carbons (Fsp3) is 0.192. The highest BCUT2D eigenvalue weighted by Gasteiger charge is 2.30. The summed E-state index contributed by atoms with van der Waals surface area (Å²) in [6, 6.07) is 16.4. The number of hydrogen-bond donors (Lipinski definition) is 0. The number of pyridine rings is 1. The van der Waals surface area contributed by atoms with Crippen LogP contribution in [-0.4, -0.2) is 49.9 Å². The molecule has 0 aliphatic carbocycles. The van der Waals surface area contributed by atoms with E-state index in [9.17, 15) is 19.2 Å². The number of rotatable bonds is 8. The van der Waals surface area contributed by atoms with Crippen LogP contribution >= 0.6 is 0 Å². The number of hydrogen-bond acceptors (Lipinski definition) is 8. The number of aromatic nitrogens is 1. The molecule has 0 unspecified atom stereocenters. The first-order valence-electron chi connectivity index (χ1n) is 10.6. The first kappa shape index (κ1) is 25.1. The van der Waals surface area contributed by atoms with Crippen molar-refractivity contribution in [2.45, 2.75) is 12.8 Å². The number of nitrogens with zero attached hydrogens (tertiary/aromatic N) is 2. The summed E-state index contributed by atoms with van der Waals surface area (Å²) in [6.45, 7) is 0. The van der Waals surface area contributed by atoms with Gasteiger partial charge in [-0.1, -0.05) is 24.3 Å². The molecule has 0 atom stereocenters. The molecule has 0 N–H and O–H groups in total. The molecule has 0 aliphatic rings. The maximum Gasteiger partial charge on any atom is 0.397 e. The lowest BCUT2D eigenvalue weighted by Crippen LogP contribution is -2.35. The molecule has 180 valence electrons. The molecule has 35 heavy (non-hydrogen) atoms. The van der Waals surface area contributed by atoms with E-state index in [4.69, 9.17) is 9.47 Å². The largest absolute Gasteiger partial charge is 0.496 e. The van der Waals surface area contributed by atoms with Crippen LogP contribution in [0.5, 0.6) is 5.75 Å². The summed E-state index contributed by atoms with van der Waals surface area (Å²) in [4.78, 5) is 55.3. The number of Topliss-reactive ketones (excluding diaryl/α,β-unsaturated/α-hetero) is 1. The first-order valence-corrected chi connectivity index (χ1v) is 10.6. The van der Waals surface area contributed by atoms with Crippen molar-refractivity contribution >= 4 is 35.1 Å². The minimum Gasteiger partial charge on any atom is -0.496 e. The molecule has 1 amide bonds. The highest BCUT2D eigenvalue weighted by molar-refractivity contribution is 6.40. The van der Waals surface area contributed by atoms with Crippen molar-refractivity contribution in [3.63, 3.8) is 0 Å². The van der Waals surface area contributed by atoms with E-state index in [2.05, 4.69) is 9.72 Å². The number of ether oxygens (including phenoxy) is 3. The molecule has 0 spiro atoms. The zero-order valence-corrected chi connectivity index (χ0v) is 19.5. The van der Waals surface area contributed by atoms with Gasteiger partial charge in [0.05, 0.1) is 38.1 Å². The van der Waals surface area contributed by atoms with Crippen molar-refractivity contribution in [1.29, 1.82) is 0 Å². The molecule has 0 saturated heterocycles. The molecule has 1 heterocycles.